The molecule has 1 fully saturated rings. The number of nitrogens with zero attached hydrogens (tertiary/aromatic N) is 1. The molecular weight excluding hydrogens is 246 g/mol. The van der Waals surface area contributed by atoms with Crippen molar-refractivity contribution in [1.29, 1.82) is 0 Å². The lowest BCUT2D eigenvalue weighted by Gasteiger charge is -2.13. The first kappa shape index (κ1) is 13.1. The van der Waals surface area contributed by atoms with Gasteiger partial charge in [-0.1, -0.05) is 25.1 Å². The van der Waals surface area contributed by atoms with Crippen molar-refractivity contribution in [3.8, 4) is 0 Å². The minimum absolute atomic E-state index is 0.0440. The van der Waals surface area contributed by atoms with Crippen LogP contribution in [0.25, 0.3) is 0 Å². The number of benzene rings is 1. The Morgan fingerprint density at radius 2 is 2.11 bits per heavy atom. The van der Waals surface area contributed by atoms with Crippen LogP contribution in [0.5, 0.6) is 0 Å². The molecule has 100 valence electrons. The molecule has 1 aromatic rings. The lowest BCUT2D eigenvalue weighted by Crippen LogP contribution is -2.38. The van der Waals surface area contributed by atoms with Gasteiger partial charge in [-0.15, -0.1) is 0 Å². The molecule has 0 unspecified atom stereocenters. The second-order valence-electron chi connectivity index (χ2n) is 4.20. The molecule has 0 atom stereocenters. The Morgan fingerprint density at radius 1 is 1.37 bits per heavy atom. The Morgan fingerprint density at radius 3 is 2.74 bits per heavy atom. The molecule has 6 heteroatoms. The summed E-state index contributed by atoms with van der Waals surface area (Å²) in [5.41, 5.74) is 1.72. The molecular formula is C13H15N3O3. The van der Waals surface area contributed by atoms with E-state index < -0.39 is 6.03 Å². The number of carbonyl (C=O) groups is 3. The van der Waals surface area contributed by atoms with Crippen LogP contribution >= 0.6 is 0 Å². The number of hydrogen-bond acceptors (Lipinski definition) is 3. The van der Waals surface area contributed by atoms with E-state index >= 15 is 0 Å². The topological polar surface area (TPSA) is 78.5 Å². The second kappa shape index (κ2) is 5.51. The number of rotatable bonds is 4. The summed E-state index contributed by atoms with van der Waals surface area (Å²) >= 11 is 0. The zero-order chi connectivity index (χ0) is 13.8. The highest BCUT2D eigenvalue weighted by Gasteiger charge is 2.30. The maximum atomic E-state index is 11.8. The SMILES string of the molecule is CCc1ccccc1NC(=O)CN1C(=O)CNC1=O. The van der Waals surface area contributed by atoms with E-state index in [9.17, 15) is 14.4 Å². The molecule has 6 nitrogen and oxygen atoms in total. The van der Waals surface area contributed by atoms with Crippen molar-refractivity contribution in [3.63, 3.8) is 0 Å². The van der Waals surface area contributed by atoms with Crippen molar-refractivity contribution in [1.82, 2.24) is 10.2 Å². The smallest absolute Gasteiger partial charge is 0.325 e. The predicted octanol–water partition coefficient (Wildman–Crippen LogP) is 0.739. The fourth-order valence-corrected chi connectivity index (χ4v) is 1.90. The average Bonchev–Trinajstić information content (AvgIpc) is 2.71. The Hall–Kier alpha value is -2.37. The fourth-order valence-electron chi connectivity index (χ4n) is 1.90. The summed E-state index contributed by atoms with van der Waals surface area (Å²) in [6.45, 7) is 1.68. The summed E-state index contributed by atoms with van der Waals surface area (Å²) < 4.78 is 0. The third-order valence-electron chi connectivity index (χ3n) is 2.91. The van der Waals surface area contributed by atoms with Crippen LogP contribution in [0.15, 0.2) is 24.3 Å². The van der Waals surface area contributed by atoms with Gasteiger partial charge in [-0.25, -0.2) is 4.79 Å². The summed E-state index contributed by atoms with van der Waals surface area (Å²) in [6.07, 6.45) is 0.791. The van der Waals surface area contributed by atoms with Gasteiger partial charge in [0.05, 0.1) is 6.54 Å². The van der Waals surface area contributed by atoms with Crippen molar-refractivity contribution in [2.45, 2.75) is 13.3 Å². The number of urea groups is 1. The maximum Gasteiger partial charge on any atom is 0.325 e. The van der Waals surface area contributed by atoms with Gasteiger partial charge in [0.25, 0.3) is 5.91 Å². The van der Waals surface area contributed by atoms with Crippen LogP contribution in [0.1, 0.15) is 12.5 Å². The normalized spacial score (nSPS) is 14.5. The van der Waals surface area contributed by atoms with E-state index in [1.54, 1.807) is 6.07 Å². The van der Waals surface area contributed by atoms with Crippen LogP contribution in [0.4, 0.5) is 10.5 Å². The summed E-state index contributed by atoms with van der Waals surface area (Å²) in [5, 5.41) is 5.09. The summed E-state index contributed by atoms with van der Waals surface area (Å²) in [7, 11) is 0. The van der Waals surface area contributed by atoms with Gasteiger partial charge in [-0.2, -0.15) is 0 Å². The van der Waals surface area contributed by atoms with Gasteiger partial charge in [-0.05, 0) is 18.1 Å². The zero-order valence-corrected chi connectivity index (χ0v) is 10.6. The summed E-state index contributed by atoms with van der Waals surface area (Å²) in [4.78, 5) is 35.4. The first-order valence-corrected chi connectivity index (χ1v) is 6.07. The first-order chi connectivity index (χ1) is 9.11. The van der Waals surface area contributed by atoms with Gasteiger partial charge >= 0.3 is 6.03 Å². The monoisotopic (exact) mass is 261 g/mol. The highest BCUT2D eigenvalue weighted by atomic mass is 16.2. The van der Waals surface area contributed by atoms with E-state index in [2.05, 4.69) is 10.6 Å². The number of amides is 4. The molecule has 1 aromatic carbocycles. The molecule has 1 heterocycles. The van der Waals surface area contributed by atoms with Crippen LogP contribution in [0.3, 0.4) is 0 Å². The van der Waals surface area contributed by atoms with Gasteiger partial charge in [0.1, 0.15) is 6.54 Å². The van der Waals surface area contributed by atoms with Gasteiger partial charge < -0.3 is 10.6 Å². The van der Waals surface area contributed by atoms with E-state index in [0.29, 0.717) is 5.69 Å². The largest absolute Gasteiger partial charge is 0.329 e. The maximum absolute atomic E-state index is 11.8. The van der Waals surface area contributed by atoms with Gasteiger partial charge in [0.2, 0.25) is 5.91 Å². The molecule has 2 N–H and O–H groups in total. The first-order valence-electron chi connectivity index (χ1n) is 6.07. The quantitative estimate of drug-likeness (QED) is 0.785. The Balaban J connectivity index is 2.01. The minimum Gasteiger partial charge on any atom is -0.329 e. The number of hydrogen-bond donors (Lipinski definition) is 2. The summed E-state index contributed by atoms with van der Waals surface area (Å²) in [5.74, 6) is -0.768. The van der Waals surface area contributed by atoms with Crippen molar-refractivity contribution < 1.29 is 14.4 Å². The predicted molar refractivity (Wildman–Crippen MR) is 69.6 cm³/mol. The van der Waals surface area contributed by atoms with Crippen LogP contribution in [-0.4, -0.2) is 35.8 Å². The standard InChI is InChI=1S/C13H15N3O3/c1-2-9-5-3-4-6-10(9)15-11(17)8-16-12(18)7-14-13(16)19/h3-6H,2,7-8H2,1H3,(H,14,19)(H,15,17). The Kier molecular flexibility index (Phi) is 3.79. The molecule has 0 radical (unpaired) electrons. The van der Waals surface area contributed by atoms with Crippen molar-refractivity contribution in [2.24, 2.45) is 0 Å². The minimum atomic E-state index is -0.524. The molecule has 1 aliphatic rings. The molecule has 2 rings (SSSR count). The molecule has 0 aliphatic carbocycles. The third-order valence-corrected chi connectivity index (χ3v) is 2.91. The number of para-hydroxylation sites is 1. The Bertz CT molecular complexity index is 512. The van der Waals surface area contributed by atoms with Gasteiger partial charge in [0.15, 0.2) is 0 Å². The van der Waals surface area contributed by atoms with Crippen LogP contribution in [0, 0.1) is 0 Å². The molecule has 0 spiro atoms. The van der Waals surface area contributed by atoms with Crippen LogP contribution in [0.2, 0.25) is 0 Å². The number of carbonyl (C=O) groups excluding carboxylic acids is 3. The lowest BCUT2D eigenvalue weighted by atomic mass is 10.1. The van der Waals surface area contributed by atoms with E-state index in [-0.39, 0.29) is 24.9 Å². The van der Waals surface area contributed by atoms with Crippen LogP contribution in [-0.2, 0) is 16.0 Å². The van der Waals surface area contributed by atoms with E-state index in [1.165, 1.54) is 0 Å². The number of imide groups is 1. The van der Waals surface area contributed by atoms with Crippen molar-refractivity contribution in [3.05, 3.63) is 29.8 Å². The van der Waals surface area contributed by atoms with Crippen molar-refractivity contribution >= 4 is 23.5 Å². The van der Waals surface area contributed by atoms with Gasteiger partial charge in [-0.3, -0.25) is 14.5 Å². The molecule has 19 heavy (non-hydrogen) atoms. The van der Waals surface area contributed by atoms with E-state index in [0.717, 1.165) is 16.9 Å². The molecule has 1 saturated heterocycles. The second-order valence-corrected chi connectivity index (χ2v) is 4.20. The third kappa shape index (κ3) is 2.90. The molecule has 0 bridgehead atoms. The van der Waals surface area contributed by atoms with E-state index in [4.69, 9.17) is 0 Å². The number of aryl methyl sites for hydroxylation is 1. The zero-order valence-electron chi connectivity index (χ0n) is 10.6. The van der Waals surface area contributed by atoms with Crippen molar-refractivity contribution in [2.75, 3.05) is 18.4 Å². The molecule has 0 aromatic heterocycles. The lowest BCUT2D eigenvalue weighted by molar-refractivity contribution is -0.128. The molecule has 4 amide bonds. The Labute approximate surface area is 110 Å². The van der Waals surface area contributed by atoms with E-state index in [1.807, 2.05) is 25.1 Å². The summed E-state index contributed by atoms with van der Waals surface area (Å²) in [6, 6.07) is 6.91. The highest BCUT2D eigenvalue weighted by Crippen LogP contribution is 2.15. The number of anilines is 1. The van der Waals surface area contributed by atoms with Gasteiger partial charge in [0, 0.05) is 5.69 Å². The fraction of sp³-hybridized carbons (Fsp3) is 0.308. The van der Waals surface area contributed by atoms with Crippen LogP contribution < -0.4 is 10.6 Å². The number of nitrogens with one attached hydrogen (secondary N) is 2. The molecule has 0 saturated carbocycles. The molecule has 1 aliphatic heterocycles. The highest BCUT2D eigenvalue weighted by molar-refractivity contribution is 6.06. The average molecular weight is 261 g/mol.